The minimum absolute atomic E-state index is 0.0156. The molecule has 5 heteroatoms. The van der Waals surface area contributed by atoms with Gasteiger partial charge in [0.05, 0.1) is 16.8 Å². The van der Waals surface area contributed by atoms with Gasteiger partial charge in [-0.25, -0.2) is 4.98 Å². The fourth-order valence-corrected chi connectivity index (χ4v) is 3.81. The molecule has 1 aliphatic rings. The largest absolute Gasteiger partial charge is 0.369 e. The summed E-state index contributed by atoms with van der Waals surface area (Å²) in [6.07, 6.45) is 1.24. The molecule has 0 spiro atoms. The van der Waals surface area contributed by atoms with Crippen molar-refractivity contribution in [2.45, 2.75) is 19.8 Å². The van der Waals surface area contributed by atoms with Gasteiger partial charge in [0.1, 0.15) is 0 Å². The van der Waals surface area contributed by atoms with Crippen molar-refractivity contribution in [3.8, 4) is 11.3 Å². The van der Waals surface area contributed by atoms with Crippen LogP contribution in [0.25, 0.3) is 22.2 Å². The number of amides is 2. The van der Waals surface area contributed by atoms with Gasteiger partial charge in [0, 0.05) is 30.0 Å². The number of aryl methyl sites for hydroxylation is 1. The van der Waals surface area contributed by atoms with Gasteiger partial charge in [0.15, 0.2) is 0 Å². The summed E-state index contributed by atoms with van der Waals surface area (Å²) in [4.78, 5) is 31.4. The monoisotopic (exact) mass is 373 g/mol. The van der Waals surface area contributed by atoms with E-state index < -0.39 is 0 Å². The lowest BCUT2D eigenvalue weighted by molar-refractivity contribution is -0.123. The Labute approximate surface area is 164 Å². The summed E-state index contributed by atoms with van der Waals surface area (Å²) in [6, 6.07) is 17.8. The molecule has 4 rings (SSSR count). The third-order valence-corrected chi connectivity index (χ3v) is 5.45. The molecule has 0 unspecified atom stereocenters. The van der Waals surface area contributed by atoms with Crippen LogP contribution in [0.2, 0.25) is 0 Å². The average molecular weight is 373 g/mol. The molecule has 0 saturated carbocycles. The number of aromatic nitrogens is 1. The maximum absolute atomic E-state index is 13.4. The Hall–Kier alpha value is -3.21. The lowest BCUT2D eigenvalue weighted by Gasteiger charge is -2.31. The van der Waals surface area contributed by atoms with E-state index in [0.29, 0.717) is 31.5 Å². The van der Waals surface area contributed by atoms with Crippen LogP contribution in [0.3, 0.4) is 0 Å². The van der Waals surface area contributed by atoms with Crippen LogP contribution >= 0.6 is 0 Å². The average Bonchev–Trinajstić information content (AvgIpc) is 2.73. The van der Waals surface area contributed by atoms with Crippen LogP contribution < -0.4 is 5.73 Å². The number of pyridine rings is 1. The maximum atomic E-state index is 13.4. The van der Waals surface area contributed by atoms with Crippen LogP contribution in [-0.4, -0.2) is 34.8 Å². The first-order valence-corrected chi connectivity index (χ1v) is 9.58. The second-order valence-corrected chi connectivity index (χ2v) is 7.41. The molecule has 5 nitrogen and oxygen atoms in total. The molecule has 2 N–H and O–H groups in total. The molecule has 1 fully saturated rings. The summed E-state index contributed by atoms with van der Waals surface area (Å²) in [5, 5.41) is 0.863. The number of nitrogens with two attached hydrogens (primary N) is 1. The van der Waals surface area contributed by atoms with E-state index >= 15 is 0 Å². The van der Waals surface area contributed by atoms with E-state index in [1.807, 2.05) is 66.4 Å². The van der Waals surface area contributed by atoms with Crippen molar-refractivity contribution < 1.29 is 9.59 Å². The highest BCUT2D eigenvalue weighted by atomic mass is 16.2. The highest BCUT2D eigenvalue weighted by molar-refractivity contribution is 6.07. The predicted octanol–water partition coefficient (Wildman–Crippen LogP) is 3.55. The smallest absolute Gasteiger partial charge is 0.254 e. The molecule has 0 aliphatic carbocycles. The van der Waals surface area contributed by atoms with Crippen LogP contribution in [-0.2, 0) is 4.79 Å². The number of hydrogen-bond donors (Lipinski definition) is 1. The molecule has 1 aromatic heterocycles. The maximum Gasteiger partial charge on any atom is 0.254 e. The molecule has 2 aromatic carbocycles. The van der Waals surface area contributed by atoms with E-state index in [2.05, 4.69) is 0 Å². The van der Waals surface area contributed by atoms with E-state index in [1.165, 1.54) is 0 Å². The number of benzene rings is 2. The third-order valence-electron chi connectivity index (χ3n) is 5.45. The number of rotatable bonds is 3. The molecular formula is C23H23N3O2. The van der Waals surface area contributed by atoms with Gasteiger partial charge >= 0.3 is 0 Å². The number of hydrogen-bond acceptors (Lipinski definition) is 3. The number of piperidine rings is 1. The Kier molecular flexibility index (Phi) is 4.82. The summed E-state index contributed by atoms with van der Waals surface area (Å²) < 4.78 is 0. The number of nitrogens with zero attached hydrogens (tertiary/aromatic N) is 2. The molecule has 2 heterocycles. The Morgan fingerprint density at radius 2 is 1.75 bits per heavy atom. The number of primary amides is 1. The van der Waals surface area contributed by atoms with Crippen LogP contribution in [0, 0.1) is 12.8 Å². The van der Waals surface area contributed by atoms with E-state index in [1.54, 1.807) is 0 Å². The Bertz CT molecular complexity index is 1040. The zero-order valence-electron chi connectivity index (χ0n) is 15.9. The molecule has 2 amide bonds. The molecule has 1 saturated heterocycles. The van der Waals surface area contributed by atoms with Gasteiger partial charge in [-0.2, -0.15) is 0 Å². The number of carbonyl (C=O) groups excluding carboxylic acids is 2. The number of fused-ring (bicyclic) bond motifs is 1. The summed E-state index contributed by atoms with van der Waals surface area (Å²) in [6.45, 7) is 3.10. The molecule has 28 heavy (non-hydrogen) atoms. The first kappa shape index (κ1) is 18.2. The van der Waals surface area contributed by atoms with Crippen LogP contribution in [0.1, 0.15) is 28.8 Å². The van der Waals surface area contributed by atoms with E-state index in [4.69, 9.17) is 10.7 Å². The first-order chi connectivity index (χ1) is 13.5. The zero-order chi connectivity index (χ0) is 19.7. The van der Waals surface area contributed by atoms with Gasteiger partial charge in [-0.3, -0.25) is 9.59 Å². The van der Waals surface area contributed by atoms with Crippen LogP contribution in [0.4, 0.5) is 0 Å². The highest BCUT2D eigenvalue weighted by Gasteiger charge is 2.27. The second-order valence-electron chi connectivity index (χ2n) is 7.41. The molecule has 3 aromatic rings. The fourth-order valence-electron chi connectivity index (χ4n) is 3.81. The van der Waals surface area contributed by atoms with Crippen molar-refractivity contribution in [3.63, 3.8) is 0 Å². The van der Waals surface area contributed by atoms with Crippen molar-refractivity contribution in [1.82, 2.24) is 9.88 Å². The van der Waals surface area contributed by atoms with E-state index in [0.717, 1.165) is 27.7 Å². The standard InChI is InChI=1S/C23H23N3O2/c1-15-7-8-20-18(13-15)19(14-21(25-20)16-5-3-2-4-6-16)23(28)26-11-9-17(10-12-26)22(24)27/h2-8,13-14,17H,9-12H2,1H3,(H2,24,27). The van der Waals surface area contributed by atoms with Crippen LogP contribution in [0.5, 0.6) is 0 Å². The molecule has 1 aliphatic heterocycles. The van der Waals surface area contributed by atoms with Gasteiger partial charge in [-0.1, -0.05) is 42.0 Å². The van der Waals surface area contributed by atoms with Crippen LogP contribution in [0.15, 0.2) is 54.6 Å². The molecular weight excluding hydrogens is 350 g/mol. The van der Waals surface area contributed by atoms with Gasteiger partial charge in [-0.05, 0) is 38.0 Å². The Morgan fingerprint density at radius 3 is 2.43 bits per heavy atom. The predicted molar refractivity (Wildman–Crippen MR) is 110 cm³/mol. The van der Waals surface area contributed by atoms with Gasteiger partial charge in [0.2, 0.25) is 5.91 Å². The zero-order valence-corrected chi connectivity index (χ0v) is 15.9. The van der Waals surface area contributed by atoms with Gasteiger partial charge in [0.25, 0.3) is 5.91 Å². The molecule has 142 valence electrons. The quantitative estimate of drug-likeness (QED) is 0.763. The normalized spacial score (nSPS) is 15.0. The summed E-state index contributed by atoms with van der Waals surface area (Å²) in [7, 11) is 0. The number of likely N-dealkylation sites (tertiary alicyclic amines) is 1. The van der Waals surface area contributed by atoms with Crippen molar-refractivity contribution in [2.24, 2.45) is 11.7 Å². The molecule has 0 bridgehead atoms. The number of carbonyl (C=O) groups is 2. The Morgan fingerprint density at radius 1 is 1.04 bits per heavy atom. The topological polar surface area (TPSA) is 76.3 Å². The first-order valence-electron chi connectivity index (χ1n) is 9.58. The second kappa shape index (κ2) is 7.43. The van der Waals surface area contributed by atoms with Gasteiger partial charge in [-0.15, -0.1) is 0 Å². The van der Waals surface area contributed by atoms with Crippen molar-refractivity contribution >= 4 is 22.7 Å². The highest BCUT2D eigenvalue weighted by Crippen LogP contribution is 2.28. The molecule has 0 radical (unpaired) electrons. The lowest BCUT2D eigenvalue weighted by atomic mass is 9.95. The van der Waals surface area contributed by atoms with Crippen molar-refractivity contribution in [3.05, 3.63) is 65.7 Å². The lowest BCUT2D eigenvalue weighted by Crippen LogP contribution is -2.41. The summed E-state index contributed by atoms with van der Waals surface area (Å²) in [5.74, 6) is -0.429. The van der Waals surface area contributed by atoms with Gasteiger partial charge < -0.3 is 10.6 Å². The SMILES string of the molecule is Cc1ccc2nc(-c3ccccc3)cc(C(=O)N3CCC(C(N)=O)CC3)c2c1. The Balaban J connectivity index is 1.75. The molecule has 0 atom stereocenters. The summed E-state index contributed by atoms with van der Waals surface area (Å²) in [5.41, 5.74) is 9.74. The minimum Gasteiger partial charge on any atom is -0.369 e. The van der Waals surface area contributed by atoms with Crippen molar-refractivity contribution in [1.29, 1.82) is 0 Å². The van der Waals surface area contributed by atoms with Crippen molar-refractivity contribution in [2.75, 3.05) is 13.1 Å². The van der Waals surface area contributed by atoms with E-state index in [-0.39, 0.29) is 17.7 Å². The minimum atomic E-state index is -0.275. The summed E-state index contributed by atoms with van der Waals surface area (Å²) >= 11 is 0. The van der Waals surface area contributed by atoms with E-state index in [9.17, 15) is 9.59 Å². The third kappa shape index (κ3) is 3.48. The fraction of sp³-hybridized carbons (Fsp3) is 0.261.